The number of benzene rings is 2. The van der Waals surface area contributed by atoms with Crippen molar-refractivity contribution >= 4 is 27.3 Å². The number of phenolic OH excluding ortho intramolecular Hbond substituents is 1. The summed E-state index contributed by atoms with van der Waals surface area (Å²) in [6.07, 6.45) is 0. The van der Waals surface area contributed by atoms with Crippen LogP contribution in [-0.4, -0.2) is 13.5 Å². The van der Waals surface area contributed by atoms with E-state index in [1.54, 1.807) is 0 Å². The molecular formula is C13H10ClF2NO3S. The minimum atomic E-state index is -4.15. The molecule has 8 heteroatoms. The van der Waals surface area contributed by atoms with Crippen molar-refractivity contribution in [3.63, 3.8) is 0 Å². The molecule has 21 heavy (non-hydrogen) atoms. The van der Waals surface area contributed by atoms with E-state index in [0.29, 0.717) is 11.6 Å². The van der Waals surface area contributed by atoms with Crippen molar-refractivity contribution in [3.8, 4) is 5.75 Å². The number of aryl methyl sites for hydroxylation is 1. The first-order valence-corrected chi connectivity index (χ1v) is 7.54. The van der Waals surface area contributed by atoms with Crippen LogP contribution >= 0.6 is 11.6 Å². The van der Waals surface area contributed by atoms with Gasteiger partial charge in [-0.3, -0.25) is 4.72 Å². The van der Waals surface area contributed by atoms with E-state index < -0.39 is 27.4 Å². The lowest BCUT2D eigenvalue weighted by molar-refractivity contribution is 0.471. The van der Waals surface area contributed by atoms with Crippen molar-refractivity contribution in [2.24, 2.45) is 0 Å². The third kappa shape index (κ3) is 3.25. The molecule has 0 saturated heterocycles. The Morgan fingerprint density at radius 2 is 1.86 bits per heavy atom. The number of nitrogens with one attached hydrogen (secondary N) is 1. The van der Waals surface area contributed by atoms with Crippen molar-refractivity contribution in [3.05, 3.63) is 52.6 Å². The first-order chi connectivity index (χ1) is 9.70. The van der Waals surface area contributed by atoms with Crippen molar-refractivity contribution < 1.29 is 22.3 Å². The van der Waals surface area contributed by atoms with Crippen molar-refractivity contribution in [2.45, 2.75) is 11.8 Å². The molecule has 112 valence electrons. The Morgan fingerprint density at radius 1 is 1.19 bits per heavy atom. The van der Waals surface area contributed by atoms with E-state index in [-0.39, 0.29) is 15.6 Å². The summed E-state index contributed by atoms with van der Waals surface area (Å²) in [7, 11) is -4.15. The molecule has 2 aromatic rings. The van der Waals surface area contributed by atoms with Gasteiger partial charge in [0.05, 0.1) is 15.6 Å². The maximum Gasteiger partial charge on any atom is 0.262 e. The Morgan fingerprint density at radius 3 is 2.52 bits per heavy atom. The van der Waals surface area contributed by atoms with Crippen LogP contribution in [0.25, 0.3) is 0 Å². The SMILES string of the molecule is Cc1ccc(F)cc1S(=O)(=O)Nc1cc(Cl)c(F)cc1O. The quantitative estimate of drug-likeness (QED) is 0.846. The molecule has 0 spiro atoms. The molecule has 0 aliphatic rings. The zero-order chi connectivity index (χ0) is 15.8. The van der Waals surface area contributed by atoms with E-state index in [2.05, 4.69) is 0 Å². The van der Waals surface area contributed by atoms with Gasteiger partial charge in [0.25, 0.3) is 10.0 Å². The molecule has 2 rings (SSSR count). The molecule has 0 atom stereocenters. The second-order valence-electron chi connectivity index (χ2n) is 4.30. The first-order valence-electron chi connectivity index (χ1n) is 5.67. The lowest BCUT2D eigenvalue weighted by Crippen LogP contribution is -2.14. The van der Waals surface area contributed by atoms with Crippen LogP contribution in [0.5, 0.6) is 5.75 Å². The Kier molecular flexibility index (Phi) is 4.06. The summed E-state index contributed by atoms with van der Waals surface area (Å²) >= 11 is 5.54. The lowest BCUT2D eigenvalue weighted by atomic mass is 10.2. The fourth-order valence-electron chi connectivity index (χ4n) is 1.68. The Bertz CT molecular complexity index is 809. The maximum atomic E-state index is 13.2. The fraction of sp³-hybridized carbons (Fsp3) is 0.0769. The number of halogens is 3. The summed E-state index contributed by atoms with van der Waals surface area (Å²) in [5.41, 5.74) is 0.0154. The van der Waals surface area contributed by atoms with Gasteiger partial charge in [-0.2, -0.15) is 0 Å². The molecular weight excluding hydrogens is 324 g/mol. The number of phenols is 1. The van der Waals surface area contributed by atoms with Crippen LogP contribution in [0.1, 0.15) is 5.56 Å². The van der Waals surface area contributed by atoms with Crippen molar-refractivity contribution in [1.29, 1.82) is 0 Å². The van der Waals surface area contributed by atoms with Crippen LogP contribution in [0.4, 0.5) is 14.5 Å². The highest BCUT2D eigenvalue weighted by atomic mass is 35.5. The van der Waals surface area contributed by atoms with Gasteiger partial charge < -0.3 is 5.11 Å². The average molecular weight is 334 g/mol. The summed E-state index contributed by atoms with van der Waals surface area (Å²) in [5, 5.41) is 9.19. The van der Waals surface area contributed by atoms with Crippen LogP contribution in [0, 0.1) is 18.6 Å². The molecule has 0 bridgehead atoms. The van der Waals surface area contributed by atoms with Crippen LogP contribution in [0.3, 0.4) is 0 Å². The highest BCUT2D eigenvalue weighted by molar-refractivity contribution is 7.92. The number of hydrogen-bond acceptors (Lipinski definition) is 3. The minimum absolute atomic E-state index is 0.289. The predicted molar refractivity (Wildman–Crippen MR) is 75.0 cm³/mol. The van der Waals surface area contributed by atoms with Crippen molar-refractivity contribution in [1.82, 2.24) is 0 Å². The Labute approximate surface area is 125 Å². The van der Waals surface area contributed by atoms with Gasteiger partial charge in [0, 0.05) is 6.07 Å². The molecule has 0 amide bonds. The van der Waals surface area contributed by atoms with Gasteiger partial charge in [0.2, 0.25) is 0 Å². The summed E-state index contributed by atoms with van der Waals surface area (Å²) in [5.74, 6) is -2.24. The topological polar surface area (TPSA) is 66.4 Å². The zero-order valence-corrected chi connectivity index (χ0v) is 12.3. The third-order valence-corrected chi connectivity index (χ3v) is 4.52. The number of anilines is 1. The van der Waals surface area contributed by atoms with Crippen LogP contribution in [0.15, 0.2) is 35.2 Å². The van der Waals surface area contributed by atoms with Gasteiger partial charge in [-0.1, -0.05) is 17.7 Å². The van der Waals surface area contributed by atoms with E-state index in [1.807, 2.05) is 4.72 Å². The monoisotopic (exact) mass is 333 g/mol. The normalized spacial score (nSPS) is 11.4. The van der Waals surface area contributed by atoms with E-state index in [4.69, 9.17) is 11.6 Å². The molecule has 0 aromatic heterocycles. The highest BCUT2D eigenvalue weighted by Crippen LogP contribution is 2.31. The second-order valence-corrected chi connectivity index (χ2v) is 6.36. The zero-order valence-electron chi connectivity index (χ0n) is 10.7. The standard InChI is InChI=1S/C13H10ClF2NO3S/c1-7-2-3-8(15)4-13(7)21(19,20)17-11-5-9(14)10(16)6-12(11)18/h2-6,17-18H,1H3. The summed E-state index contributed by atoms with van der Waals surface area (Å²) in [6, 6.07) is 4.89. The maximum absolute atomic E-state index is 13.2. The van der Waals surface area contributed by atoms with Crippen LogP contribution in [0.2, 0.25) is 5.02 Å². The van der Waals surface area contributed by atoms with Gasteiger partial charge in [-0.25, -0.2) is 17.2 Å². The van der Waals surface area contributed by atoms with E-state index in [1.165, 1.54) is 13.0 Å². The molecule has 0 unspecified atom stereocenters. The van der Waals surface area contributed by atoms with Gasteiger partial charge in [0.1, 0.15) is 17.4 Å². The van der Waals surface area contributed by atoms with Crippen LogP contribution in [-0.2, 0) is 10.0 Å². The molecule has 0 radical (unpaired) electrons. The van der Waals surface area contributed by atoms with E-state index in [9.17, 15) is 22.3 Å². The van der Waals surface area contributed by atoms with Gasteiger partial charge in [0.15, 0.2) is 0 Å². The molecule has 0 aliphatic heterocycles. The Balaban J connectivity index is 2.47. The van der Waals surface area contributed by atoms with Crippen molar-refractivity contribution in [2.75, 3.05) is 4.72 Å². The molecule has 0 heterocycles. The average Bonchev–Trinajstić information content (AvgIpc) is 2.38. The molecule has 0 saturated carbocycles. The summed E-state index contributed by atoms with van der Waals surface area (Å²) < 4.78 is 52.8. The van der Waals surface area contributed by atoms with E-state index >= 15 is 0 Å². The highest BCUT2D eigenvalue weighted by Gasteiger charge is 2.20. The van der Waals surface area contributed by atoms with E-state index in [0.717, 1.165) is 18.2 Å². The lowest BCUT2D eigenvalue weighted by Gasteiger charge is -2.12. The first kappa shape index (κ1) is 15.5. The minimum Gasteiger partial charge on any atom is -0.506 e. The molecule has 0 aliphatic carbocycles. The predicted octanol–water partition coefficient (Wildman–Crippen LogP) is 3.43. The number of hydrogen-bond donors (Lipinski definition) is 2. The molecule has 2 N–H and O–H groups in total. The second kappa shape index (κ2) is 5.50. The largest absolute Gasteiger partial charge is 0.506 e. The van der Waals surface area contributed by atoms with Crippen LogP contribution < -0.4 is 4.72 Å². The summed E-state index contributed by atoms with van der Waals surface area (Å²) in [4.78, 5) is -0.289. The third-order valence-electron chi connectivity index (χ3n) is 2.72. The number of aromatic hydroxyl groups is 1. The Hall–Kier alpha value is -1.86. The van der Waals surface area contributed by atoms with Gasteiger partial charge >= 0.3 is 0 Å². The number of rotatable bonds is 3. The van der Waals surface area contributed by atoms with Gasteiger partial charge in [-0.15, -0.1) is 0 Å². The fourth-order valence-corrected chi connectivity index (χ4v) is 3.17. The smallest absolute Gasteiger partial charge is 0.262 e. The molecule has 2 aromatic carbocycles. The summed E-state index contributed by atoms with van der Waals surface area (Å²) in [6.45, 7) is 1.49. The molecule has 0 fully saturated rings. The molecule has 4 nitrogen and oxygen atoms in total. The van der Waals surface area contributed by atoms with Gasteiger partial charge in [-0.05, 0) is 30.7 Å². The number of sulfonamides is 1.